The van der Waals surface area contributed by atoms with Crippen LogP contribution >= 0.6 is 0 Å². The summed E-state index contributed by atoms with van der Waals surface area (Å²) in [7, 11) is -4.26. The van der Waals surface area contributed by atoms with Crippen molar-refractivity contribution in [2.75, 3.05) is 7.11 Å². The van der Waals surface area contributed by atoms with Crippen LogP contribution in [-0.4, -0.2) is 14.4 Å². The number of halogens is 4. The summed E-state index contributed by atoms with van der Waals surface area (Å²) >= 11 is 0. The molecule has 24 heavy (non-hydrogen) atoms. The molecule has 0 aromatic rings. The number of hydrogen-bond acceptors (Lipinski definition) is 1. The minimum absolute atomic E-state index is 0. The zero-order chi connectivity index (χ0) is 19.7. The molecule has 0 unspecified atom stereocenters. The summed E-state index contributed by atoms with van der Waals surface area (Å²) in [6.45, 7) is 20.0. The van der Waals surface area contributed by atoms with Crippen LogP contribution in [0.2, 0.25) is 0 Å². The van der Waals surface area contributed by atoms with Crippen molar-refractivity contribution in [3.8, 4) is 0 Å². The third-order valence-corrected chi connectivity index (χ3v) is 2.20. The molecular formula is C14H17BF4FeO4-. The van der Waals surface area contributed by atoms with Gasteiger partial charge in [-0.15, -0.1) is 0 Å². The van der Waals surface area contributed by atoms with Gasteiger partial charge >= 0.3 is 41.2 Å². The second-order valence-electron chi connectivity index (χ2n) is 4.50. The van der Waals surface area contributed by atoms with Crippen LogP contribution in [0.5, 0.6) is 0 Å². The van der Waals surface area contributed by atoms with Gasteiger partial charge in [0.1, 0.15) is 0 Å². The number of hydrogen-bond donors (Lipinski definition) is 0. The van der Waals surface area contributed by atoms with E-state index in [0.717, 1.165) is 12.2 Å². The molecule has 4 nitrogen and oxygen atoms in total. The van der Waals surface area contributed by atoms with Crippen LogP contribution in [0.3, 0.4) is 0 Å². The van der Waals surface area contributed by atoms with E-state index < -0.39 is 7.25 Å². The summed E-state index contributed by atoms with van der Waals surface area (Å²) in [5.74, 6) is 1.10. The van der Waals surface area contributed by atoms with Gasteiger partial charge in [0.2, 0.25) is 0 Å². The van der Waals surface area contributed by atoms with Crippen molar-refractivity contribution >= 4 is 7.25 Å². The molecule has 1 rings (SSSR count). The fourth-order valence-corrected chi connectivity index (χ4v) is 1.39. The molecule has 0 aromatic heterocycles. The van der Waals surface area contributed by atoms with Gasteiger partial charge in [0, 0.05) is 29.9 Å². The summed E-state index contributed by atoms with van der Waals surface area (Å²) in [6.07, 6.45) is 7.43. The Kier molecular flexibility index (Phi) is 28.3. The van der Waals surface area contributed by atoms with Gasteiger partial charge in [-0.1, -0.05) is 26.0 Å². The van der Waals surface area contributed by atoms with Crippen LogP contribution in [-0.2, 0) is 35.8 Å². The third-order valence-electron chi connectivity index (χ3n) is 2.20. The summed E-state index contributed by atoms with van der Waals surface area (Å²) in [5, 5.41) is 0. The van der Waals surface area contributed by atoms with Crippen LogP contribution in [0.1, 0.15) is 27.2 Å². The van der Waals surface area contributed by atoms with Crippen LogP contribution in [0.25, 0.3) is 0 Å². The fraction of sp³-hybridized carbons (Fsp3) is 0.429. The van der Waals surface area contributed by atoms with Gasteiger partial charge in [-0.25, -0.2) is 0 Å². The molecule has 0 saturated heterocycles. The second kappa shape index (κ2) is 19.9. The van der Waals surface area contributed by atoms with Gasteiger partial charge in [0.25, 0.3) is 0 Å². The maximum atomic E-state index is 9.75. The molecule has 0 bridgehead atoms. The predicted molar refractivity (Wildman–Crippen MR) is 73.5 cm³/mol. The van der Waals surface area contributed by atoms with Gasteiger partial charge in [0.15, 0.2) is 0 Å². The van der Waals surface area contributed by atoms with Crippen molar-refractivity contribution in [3.63, 3.8) is 0 Å². The first-order valence-electron chi connectivity index (χ1n) is 5.80. The monoisotopic (exact) mass is 392 g/mol. The first-order valence-corrected chi connectivity index (χ1v) is 5.80. The van der Waals surface area contributed by atoms with Gasteiger partial charge < -0.3 is 22.0 Å². The fourth-order valence-electron chi connectivity index (χ4n) is 1.39. The Morgan fingerprint density at radius 2 is 1.38 bits per heavy atom. The molecule has 0 aliphatic heterocycles. The molecule has 0 aromatic carbocycles. The van der Waals surface area contributed by atoms with Crippen molar-refractivity contribution in [1.29, 1.82) is 0 Å². The van der Waals surface area contributed by atoms with Crippen molar-refractivity contribution in [2.45, 2.75) is 27.2 Å². The average Bonchev–Trinajstić information content (AvgIpc) is 2.61. The Bertz CT molecular complexity index is 406. The second-order valence-corrected chi connectivity index (χ2v) is 4.50. The Morgan fingerprint density at radius 1 is 1.04 bits per heavy atom. The molecule has 137 valence electrons. The Balaban J connectivity index is -0.0000000853. The van der Waals surface area contributed by atoms with Gasteiger partial charge in [-0.05, 0) is 17.9 Å². The summed E-state index contributed by atoms with van der Waals surface area (Å²) in [4.78, 5) is 0. The maximum absolute atomic E-state index is 9.75. The molecule has 1 radical (unpaired) electrons. The van der Waals surface area contributed by atoms with Crippen LogP contribution in [0.4, 0.5) is 17.3 Å². The zero-order valence-electron chi connectivity index (χ0n) is 13.5. The first-order chi connectivity index (χ1) is 10.5. The largest absolute Gasteiger partial charge is 0 e. The summed E-state index contributed by atoms with van der Waals surface area (Å²) in [6, 6.07) is 0. The van der Waals surface area contributed by atoms with Crippen LogP contribution in [0, 0.1) is 31.8 Å². The zero-order valence-corrected chi connectivity index (χ0v) is 14.6. The molecule has 0 amide bonds. The molecule has 0 N–H and O–H groups in total. The van der Waals surface area contributed by atoms with Crippen molar-refractivity contribution in [2.24, 2.45) is 5.41 Å². The van der Waals surface area contributed by atoms with Crippen LogP contribution in [0.15, 0.2) is 23.5 Å². The molecule has 0 atom stereocenters. The molecular weight excluding hydrogens is 375 g/mol. The van der Waals surface area contributed by atoms with Crippen molar-refractivity contribution < 1.29 is 53.0 Å². The minimum atomic E-state index is -6.00. The van der Waals surface area contributed by atoms with E-state index in [1.54, 1.807) is 7.11 Å². The summed E-state index contributed by atoms with van der Waals surface area (Å²) in [5.41, 5.74) is 1.46. The SMILES string of the molecule is COC1=C(C)[CH]C=CC(C)(C)C1.F[B-](F)(F)F.[C-]#[O+].[C-]#[O+].[C-]#[O+].[Fe]. The normalized spacial score (nSPS) is 13.9. The van der Waals surface area contributed by atoms with Gasteiger partial charge in [-0.3, -0.25) is 0 Å². The molecule has 10 heteroatoms. The Hall–Kier alpha value is -1.20. The van der Waals surface area contributed by atoms with E-state index in [-0.39, 0.29) is 22.5 Å². The molecule has 0 heterocycles. The van der Waals surface area contributed by atoms with E-state index >= 15 is 0 Å². The number of rotatable bonds is 1. The molecule has 1 aliphatic rings. The number of allylic oxidation sites excluding steroid dienone is 4. The molecule has 0 fully saturated rings. The van der Waals surface area contributed by atoms with E-state index in [2.05, 4.69) is 59.3 Å². The third kappa shape index (κ3) is 28.9. The molecule has 0 saturated carbocycles. The van der Waals surface area contributed by atoms with E-state index in [9.17, 15) is 17.3 Å². The number of methoxy groups -OCH3 is 1. The predicted octanol–water partition coefficient (Wildman–Crippen LogP) is 4.28. The smallest absolute Gasteiger partial charge is 0 e. The summed E-state index contributed by atoms with van der Waals surface area (Å²) < 4.78 is 66.8. The van der Waals surface area contributed by atoms with E-state index in [1.165, 1.54) is 5.57 Å². The van der Waals surface area contributed by atoms with Gasteiger partial charge in [-0.2, -0.15) is 0 Å². The van der Waals surface area contributed by atoms with Crippen molar-refractivity contribution in [3.05, 3.63) is 49.9 Å². The van der Waals surface area contributed by atoms with E-state index in [1.807, 2.05) is 0 Å². The Morgan fingerprint density at radius 3 is 1.67 bits per heavy atom. The maximum Gasteiger partial charge on any atom is 0 e. The standard InChI is InChI=1S/C11H17O.3CO.BF4.Fe/c1-9-6-5-7-11(2,3)8-10(9)12-4;3*1-2;2-1(3,4)5;/h5-7H,8H2,1-4H3;;;;;/q;;;;-1;. The molecule has 0 spiro atoms. The van der Waals surface area contributed by atoms with Gasteiger partial charge in [0.05, 0.1) is 12.9 Å². The molecule has 1 aliphatic carbocycles. The quantitative estimate of drug-likeness (QED) is 0.284. The number of ether oxygens (including phenoxy) is 1. The van der Waals surface area contributed by atoms with E-state index in [0.29, 0.717) is 0 Å². The first kappa shape index (κ1) is 34.2. The van der Waals surface area contributed by atoms with Crippen molar-refractivity contribution in [1.82, 2.24) is 0 Å². The topological polar surface area (TPSA) is 68.9 Å². The van der Waals surface area contributed by atoms with Crippen LogP contribution < -0.4 is 0 Å². The van der Waals surface area contributed by atoms with E-state index in [4.69, 9.17) is 18.7 Å². The minimum Gasteiger partial charge on any atom is 0 e. The Labute approximate surface area is 150 Å². The average molecular weight is 392 g/mol.